The third-order valence-corrected chi connectivity index (χ3v) is 2.23. The Labute approximate surface area is 97.9 Å². The van der Waals surface area contributed by atoms with Crippen molar-refractivity contribution in [2.45, 2.75) is 33.1 Å². The molecular weight excluding hydrogens is 202 g/mol. The first-order valence-electron chi connectivity index (χ1n) is 5.57. The van der Waals surface area contributed by atoms with Gasteiger partial charge in [0.05, 0.1) is 13.0 Å². The molecule has 0 fully saturated rings. The summed E-state index contributed by atoms with van der Waals surface area (Å²) in [6.07, 6.45) is 7.96. The van der Waals surface area contributed by atoms with E-state index in [0.717, 1.165) is 18.5 Å². The van der Waals surface area contributed by atoms with Crippen LogP contribution in [-0.4, -0.2) is 19.3 Å². The molecule has 3 nitrogen and oxygen atoms in total. The molecule has 16 heavy (non-hydrogen) atoms. The molecule has 0 heterocycles. The van der Waals surface area contributed by atoms with E-state index in [1.165, 1.54) is 7.11 Å². The van der Waals surface area contributed by atoms with E-state index in [0.29, 0.717) is 6.42 Å². The average molecular weight is 223 g/mol. The van der Waals surface area contributed by atoms with Crippen LogP contribution in [0.4, 0.5) is 0 Å². The minimum Gasteiger partial charge on any atom is -0.469 e. The number of nitrogens with zero attached hydrogens (tertiary/aromatic N) is 1. The van der Waals surface area contributed by atoms with E-state index in [1.54, 1.807) is 6.08 Å². The van der Waals surface area contributed by atoms with Gasteiger partial charge in [0.15, 0.2) is 0 Å². The molecule has 90 valence electrons. The summed E-state index contributed by atoms with van der Waals surface area (Å²) in [7, 11) is 1.38. The number of esters is 1. The molecule has 0 N–H and O–H groups in total. The Morgan fingerprint density at radius 2 is 2.25 bits per heavy atom. The second-order valence-corrected chi connectivity index (χ2v) is 3.45. The second-order valence-electron chi connectivity index (χ2n) is 3.45. The van der Waals surface area contributed by atoms with Gasteiger partial charge < -0.3 is 4.74 Å². The highest BCUT2D eigenvalue weighted by Gasteiger charge is 2.16. The SMILES string of the molecule is C=CC(C/C(=C/C)N=CCCC)C(=O)OC. The van der Waals surface area contributed by atoms with E-state index in [2.05, 4.69) is 23.2 Å². The van der Waals surface area contributed by atoms with Gasteiger partial charge in [-0.15, -0.1) is 6.58 Å². The highest BCUT2D eigenvalue weighted by molar-refractivity contribution is 5.74. The van der Waals surface area contributed by atoms with Crippen molar-refractivity contribution in [2.75, 3.05) is 7.11 Å². The van der Waals surface area contributed by atoms with Crippen LogP contribution in [0.3, 0.4) is 0 Å². The van der Waals surface area contributed by atoms with Crippen LogP contribution in [0.25, 0.3) is 0 Å². The van der Waals surface area contributed by atoms with Crippen LogP contribution in [-0.2, 0) is 9.53 Å². The third-order valence-electron chi connectivity index (χ3n) is 2.23. The zero-order chi connectivity index (χ0) is 12.4. The molecule has 0 aromatic carbocycles. The number of hydrogen-bond acceptors (Lipinski definition) is 3. The van der Waals surface area contributed by atoms with Crippen molar-refractivity contribution < 1.29 is 9.53 Å². The van der Waals surface area contributed by atoms with E-state index in [4.69, 9.17) is 0 Å². The van der Waals surface area contributed by atoms with Gasteiger partial charge in [0.25, 0.3) is 0 Å². The molecule has 3 heteroatoms. The van der Waals surface area contributed by atoms with Crippen LogP contribution in [0.1, 0.15) is 33.1 Å². The predicted octanol–water partition coefficient (Wildman–Crippen LogP) is 3.13. The van der Waals surface area contributed by atoms with Crippen LogP contribution >= 0.6 is 0 Å². The van der Waals surface area contributed by atoms with Gasteiger partial charge in [0.1, 0.15) is 0 Å². The maximum atomic E-state index is 11.4. The quantitative estimate of drug-likeness (QED) is 0.378. The van der Waals surface area contributed by atoms with Crippen LogP contribution in [0, 0.1) is 5.92 Å². The summed E-state index contributed by atoms with van der Waals surface area (Å²) in [6, 6.07) is 0. The van der Waals surface area contributed by atoms with Crippen LogP contribution in [0.2, 0.25) is 0 Å². The van der Waals surface area contributed by atoms with Gasteiger partial charge in [-0.1, -0.05) is 25.5 Å². The lowest BCUT2D eigenvalue weighted by Gasteiger charge is -2.09. The molecule has 0 aliphatic heterocycles. The zero-order valence-corrected chi connectivity index (χ0v) is 10.4. The second kappa shape index (κ2) is 8.89. The molecule has 0 amide bonds. The molecule has 0 saturated carbocycles. The van der Waals surface area contributed by atoms with Gasteiger partial charge in [-0.3, -0.25) is 9.79 Å². The molecule has 0 aliphatic carbocycles. The number of unbranched alkanes of at least 4 members (excludes halogenated alkanes) is 1. The standard InChI is InChI=1S/C13H21NO2/c1-5-8-9-14-12(7-3)10-11(6-2)13(15)16-4/h6-7,9,11H,2,5,8,10H2,1,3-4H3/b12-7-,14-9?. The fraction of sp³-hybridized carbons (Fsp3) is 0.538. The van der Waals surface area contributed by atoms with Crippen molar-refractivity contribution in [1.29, 1.82) is 0 Å². The summed E-state index contributed by atoms with van der Waals surface area (Å²) >= 11 is 0. The highest BCUT2D eigenvalue weighted by atomic mass is 16.5. The zero-order valence-electron chi connectivity index (χ0n) is 10.4. The smallest absolute Gasteiger partial charge is 0.312 e. The summed E-state index contributed by atoms with van der Waals surface area (Å²) in [6.45, 7) is 7.65. The lowest BCUT2D eigenvalue weighted by molar-refractivity contribution is -0.143. The minimum atomic E-state index is -0.310. The lowest BCUT2D eigenvalue weighted by atomic mass is 10.0. The van der Waals surface area contributed by atoms with E-state index in [-0.39, 0.29) is 11.9 Å². The van der Waals surface area contributed by atoms with E-state index >= 15 is 0 Å². The molecule has 0 aromatic rings. The Hall–Kier alpha value is -1.38. The van der Waals surface area contributed by atoms with Gasteiger partial charge in [-0.2, -0.15) is 0 Å². The van der Waals surface area contributed by atoms with Gasteiger partial charge in [-0.25, -0.2) is 0 Å². The molecule has 0 saturated heterocycles. The maximum absolute atomic E-state index is 11.4. The number of ether oxygens (including phenoxy) is 1. The Morgan fingerprint density at radius 3 is 2.69 bits per heavy atom. The van der Waals surface area contributed by atoms with Gasteiger partial charge in [0.2, 0.25) is 0 Å². The lowest BCUT2D eigenvalue weighted by Crippen LogP contribution is -2.14. The largest absolute Gasteiger partial charge is 0.469 e. The monoisotopic (exact) mass is 223 g/mol. The fourth-order valence-electron chi connectivity index (χ4n) is 1.20. The number of hydrogen-bond donors (Lipinski definition) is 0. The van der Waals surface area contributed by atoms with E-state index < -0.39 is 0 Å². The highest BCUT2D eigenvalue weighted by Crippen LogP contribution is 2.15. The fourth-order valence-corrected chi connectivity index (χ4v) is 1.20. The number of carbonyl (C=O) groups excluding carboxylic acids is 1. The van der Waals surface area contributed by atoms with Crippen molar-refractivity contribution >= 4 is 12.2 Å². The Balaban J connectivity index is 4.40. The predicted molar refractivity (Wildman–Crippen MR) is 67.5 cm³/mol. The van der Waals surface area contributed by atoms with Crippen molar-refractivity contribution in [3.05, 3.63) is 24.4 Å². The van der Waals surface area contributed by atoms with Gasteiger partial charge in [-0.05, 0) is 13.3 Å². The molecule has 0 rings (SSSR count). The molecule has 1 unspecified atom stereocenters. The van der Waals surface area contributed by atoms with Crippen molar-refractivity contribution in [3.8, 4) is 0 Å². The van der Waals surface area contributed by atoms with Crippen molar-refractivity contribution in [1.82, 2.24) is 0 Å². The Kier molecular flexibility index (Phi) is 8.12. The number of carbonyl (C=O) groups is 1. The van der Waals surface area contributed by atoms with Crippen LogP contribution < -0.4 is 0 Å². The molecule has 0 aliphatic rings. The van der Waals surface area contributed by atoms with Gasteiger partial charge in [0, 0.05) is 18.3 Å². The van der Waals surface area contributed by atoms with E-state index in [9.17, 15) is 4.79 Å². The van der Waals surface area contributed by atoms with Gasteiger partial charge >= 0.3 is 5.97 Å². The number of methoxy groups -OCH3 is 1. The average Bonchev–Trinajstić information content (AvgIpc) is 2.32. The topological polar surface area (TPSA) is 38.7 Å². The Morgan fingerprint density at radius 1 is 1.56 bits per heavy atom. The summed E-state index contributed by atoms with van der Waals surface area (Å²) in [5, 5.41) is 0. The molecule has 0 radical (unpaired) electrons. The number of aliphatic imine (C=N–C) groups is 1. The summed E-state index contributed by atoms with van der Waals surface area (Å²) in [4.78, 5) is 15.7. The van der Waals surface area contributed by atoms with E-state index in [1.807, 2.05) is 19.2 Å². The third kappa shape index (κ3) is 5.49. The minimum absolute atomic E-state index is 0.264. The molecule has 0 spiro atoms. The van der Waals surface area contributed by atoms with Crippen molar-refractivity contribution in [2.24, 2.45) is 10.9 Å². The Bertz CT molecular complexity index is 280. The van der Waals surface area contributed by atoms with Crippen LogP contribution in [0.5, 0.6) is 0 Å². The van der Waals surface area contributed by atoms with Crippen molar-refractivity contribution in [3.63, 3.8) is 0 Å². The normalized spacial score (nSPS) is 13.8. The number of rotatable bonds is 7. The summed E-state index contributed by atoms with van der Waals surface area (Å²) in [5.41, 5.74) is 0.892. The first-order chi connectivity index (χ1) is 7.69. The molecule has 0 bridgehead atoms. The summed E-state index contributed by atoms with van der Waals surface area (Å²) in [5.74, 6) is -0.574. The molecule has 1 atom stereocenters. The maximum Gasteiger partial charge on any atom is 0.312 e. The first kappa shape index (κ1) is 14.6. The summed E-state index contributed by atoms with van der Waals surface area (Å²) < 4.78 is 4.68. The number of allylic oxidation sites excluding steroid dienone is 2. The molecular formula is C13H21NO2. The molecule has 0 aromatic heterocycles. The van der Waals surface area contributed by atoms with Crippen LogP contribution in [0.15, 0.2) is 29.4 Å². The first-order valence-corrected chi connectivity index (χ1v) is 5.57.